The molecular weight excluding hydrogens is 227 g/mol. The fourth-order valence-electron chi connectivity index (χ4n) is 2.62. The maximum Gasteiger partial charge on any atom is 0.126 e. The van der Waals surface area contributed by atoms with Gasteiger partial charge in [0.05, 0.1) is 0 Å². The molecule has 18 heavy (non-hydrogen) atoms. The summed E-state index contributed by atoms with van der Waals surface area (Å²) in [5.41, 5.74) is 0.836. The minimum atomic E-state index is -0.0715. The van der Waals surface area contributed by atoms with Gasteiger partial charge in [0.15, 0.2) is 0 Å². The van der Waals surface area contributed by atoms with Crippen LogP contribution in [0.3, 0.4) is 0 Å². The van der Waals surface area contributed by atoms with Gasteiger partial charge in [-0.25, -0.2) is 4.39 Å². The lowest BCUT2D eigenvalue weighted by molar-refractivity contribution is 0.195. The van der Waals surface area contributed by atoms with Gasteiger partial charge in [-0.1, -0.05) is 31.5 Å². The van der Waals surface area contributed by atoms with Gasteiger partial charge in [-0.3, -0.25) is 0 Å². The normalized spacial score (nSPS) is 21.1. The summed E-state index contributed by atoms with van der Waals surface area (Å²) in [6.45, 7) is 6.42. The molecule has 1 heterocycles. The second kappa shape index (κ2) is 6.86. The Labute approximate surface area is 109 Å². The monoisotopic (exact) mass is 250 g/mol. The van der Waals surface area contributed by atoms with E-state index in [-0.39, 0.29) is 5.82 Å². The smallest absolute Gasteiger partial charge is 0.126 e. The van der Waals surface area contributed by atoms with E-state index in [0.717, 1.165) is 38.2 Å². The lowest BCUT2D eigenvalue weighted by atomic mass is 10.1. The Balaban J connectivity index is 1.81. The Kier molecular flexibility index (Phi) is 5.14. The highest BCUT2D eigenvalue weighted by Gasteiger charge is 2.18. The molecule has 1 N–H and O–H groups in total. The molecule has 1 aromatic carbocycles. The number of rotatable bonds is 5. The number of nitrogens with zero attached hydrogens (tertiary/aromatic N) is 1. The van der Waals surface area contributed by atoms with Crippen LogP contribution in [0.5, 0.6) is 0 Å². The van der Waals surface area contributed by atoms with Crippen molar-refractivity contribution in [2.24, 2.45) is 0 Å². The molecule has 1 saturated heterocycles. The van der Waals surface area contributed by atoms with Crippen LogP contribution in [0.15, 0.2) is 24.3 Å². The molecule has 2 nitrogen and oxygen atoms in total. The van der Waals surface area contributed by atoms with Gasteiger partial charge in [-0.05, 0) is 24.5 Å². The van der Waals surface area contributed by atoms with Crippen molar-refractivity contribution in [2.75, 3.05) is 26.2 Å². The molecule has 0 radical (unpaired) electrons. The number of piperazine rings is 1. The van der Waals surface area contributed by atoms with E-state index < -0.39 is 0 Å². The van der Waals surface area contributed by atoms with Crippen molar-refractivity contribution < 1.29 is 4.39 Å². The summed E-state index contributed by atoms with van der Waals surface area (Å²) in [5, 5.41) is 3.54. The number of halogens is 1. The van der Waals surface area contributed by atoms with Crippen LogP contribution in [-0.2, 0) is 6.42 Å². The highest BCUT2D eigenvalue weighted by atomic mass is 19.1. The number of benzene rings is 1. The van der Waals surface area contributed by atoms with Crippen LogP contribution in [0.1, 0.15) is 25.3 Å². The van der Waals surface area contributed by atoms with Gasteiger partial charge in [-0.15, -0.1) is 0 Å². The summed E-state index contributed by atoms with van der Waals surface area (Å²) in [4.78, 5) is 2.45. The molecule has 0 saturated carbocycles. The Bertz CT molecular complexity index is 365. The molecule has 0 aliphatic carbocycles. The first-order valence-electron chi connectivity index (χ1n) is 6.98. The quantitative estimate of drug-likeness (QED) is 0.863. The molecule has 1 aliphatic heterocycles. The van der Waals surface area contributed by atoms with E-state index >= 15 is 0 Å². The molecule has 1 atom stereocenters. The first-order chi connectivity index (χ1) is 8.79. The lowest BCUT2D eigenvalue weighted by Crippen LogP contribution is -2.50. The summed E-state index contributed by atoms with van der Waals surface area (Å²) >= 11 is 0. The van der Waals surface area contributed by atoms with Crippen molar-refractivity contribution in [2.45, 2.75) is 32.2 Å². The highest BCUT2D eigenvalue weighted by Crippen LogP contribution is 2.10. The number of hydrogen-bond donors (Lipinski definition) is 1. The third kappa shape index (κ3) is 3.79. The van der Waals surface area contributed by atoms with E-state index in [2.05, 4.69) is 17.1 Å². The van der Waals surface area contributed by atoms with Crippen LogP contribution in [0.25, 0.3) is 0 Å². The first kappa shape index (κ1) is 13.5. The van der Waals surface area contributed by atoms with Crippen LogP contribution < -0.4 is 5.32 Å². The average Bonchev–Trinajstić information content (AvgIpc) is 2.39. The summed E-state index contributed by atoms with van der Waals surface area (Å²) in [5.74, 6) is -0.0715. The molecule has 100 valence electrons. The SMILES string of the molecule is CCCC1CN(CCc2ccccc2F)CCN1. The molecule has 1 aromatic rings. The minimum absolute atomic E-state index is 0.0715. The predicted octanol–water partition coefficient (Wildman–Crippen LogP) is 2.44. The van der Waals surface area contributed by atoms with Gasteiger partial charge in [0, 0.05) is 32.2 Å². The zero-order valence-corrected chi connectivity index (χ0v) is 11.2. The maximum atomic E-state index is 13.5. The predicted molar refractivity (Wildman–Crippen MR) is 73.2 cm³/mol. The lowest BCUT2D eigenvalue weighted by Gasteiger charge is -2.33. The van der Waals surface area contributed by atoms with Gasteiger partial charge in [0.2, 0.25) is 0 Å². The summed E-state index contributed by atoms with van der Waals surface area (Å²) in [6.07, 6.45) is 3.26. The van der Waals surface area contributed by atoms with Crippen LogP contribution >= 0.6 is 0 Å². The summed E-state index contributed by atoms with van der Waals surface area (Å²) in [6, 6.07) is 7.72. The van der Waals surface area contributed by atoms with E-state index in [4.69, 9.17) is 0 Å². The molecule has 0 bridgehead atoms. The second-order valence-electron chi connectivity index (χ2n) is 5.08. The van der Waals surface area contributed by atoms with Crippen molar-refractivity contribution >= 4 is 0 Å². The van der Waals surface area contributed by atoms with Gasteiger partial charge in [0.25, 0.3) is 0 Å². The van der Waals surface area contributed by atoms with Gasteiger partial charge in [-0.2, -0.15) is 0 Å². The molecule has 1 fully saturated rings. The Morgan fingerprint density at radius 1 is 1.39 bits per heavy atom. The van der Waals surface area contributed by atoms with E-state index in [9.17, 15) is 4.39 Å². The fraction of sp³-hybridized carbons (Fsp3) is 0.600. The van der Waals surface area contributed by atoms with E-state index in [0.29, 0.717) is 6.04 Å². The third-order valence-electron chi connectivity index (χ3n) is 3.63. The Morgan fingerprint density at radius 3 is 3.00 bits per heavy atom. The van der Waals surface area contributed by atoms with Crippen molar-refractivity contribution in [3.63, 3.8) is 0 Å². The minimum Gasteiger partial charge on any atom is -0.311 e. The number of hydrogen-bond acceptors (Lipinski definition) is 2. The first-order valence-corrected chi connectivity index (χ1v) is 6.98. The molecule has 1 aliphatic rings. The van der Waals surface area contributed by atoms with Gasteiger partial charge in [0.1, 0.15) is 5.82 Å². The Morgan fingerprint density at radius 2 is 2.22 bits per heavy atom. The highest BCUT2D eigenvalue weighted by molar-refractivity contribution is 5.17. The van der Waals surface area contributed by atoms with Gasteiger partial charge >= 0.3 is 0 Å². The van der Waals surface area contributed by atoms with Crippen molar-refractivity contribution in [1.82, 2.24) is 10.2 Å². The zero-order valence-electron chi connectivity index (χ0n) is 11.2. The second-order valence-corrected chi connectivity index (χ2v) is 5.08. The third-order valence-corrected chi connectivity index (χ3v) is 3.63. The van der Waals surface area contributed by atoms with E-state index in [1.54, 1.807) is 12.1 Å². The van der Waals surface area contributed by atoms with Crippen molar-refractivity contribution in [1.29, 1.82) is 0 Å². The molecular formula is C15H23FN2. The van der Waals surface area contributed by atoms with Crippen molar-refractivity contribution in [3.8, 4) is 0 Å². The molecule has 1 unspecified atom stereocenters. The zero-order chi connectivity index (χ0) is 12.8. The molecule has 2 rings (SSSR count). The number of nitrogens with one attached hydrogen (secondary N) is 1. The molecule has 0 spiro atoms. The maximum absolute atomic E-state index is 13.5. The standard InChI is InChI=1S/C15H23FN2/c1-2-5-14-12-18(11-9-17-14)10-8-13-6-3-4-7-15(13)16/h3-4,6-7,14,17H,2,5,8-12H2,1H3. The van der Waals surface area contributed by atoms with Crippen LogP contribution in [0, 0.1) is 5.82 Å². The topological polar surface area (TPSA) is 15.3 Å². The van der Waals surface area contributed by atoms with Crippen LogP contribution in [0.2, 0.25) is 0 Å². The summed E-state index contributed by atoms with van der Waals surface area (Å²) in [7, 11) is 0. The van der Waals surface area contributed by atoms with Crippen LogP contribution in [0.4, 0.5) is 4.39 Å². The van der Waals surface area contributed by atoms with Crippen LogP contribution in [-0.4, -0.2) is 37.1 Å². The molecule has 0 amide bonds. The fourth-order valence-corrected chi connectivity index (χ4v) is 2.62. The largest absolute Gasteiger partial charge is 0.311 e. The molecule has 0 aromatic heterocycles. The molecule has 3 heteroatoms. The van der Waals surface area contributed by atoms with E-state index in [1.807, 2.05) is 12.1 Å². The average molecular weight is 250 g/mol. The summed E-state index contributed by atoms with van der Waals surface area (Å²) < 4.78 is 13.5. The van der Waals surface area contributed by atoms with E-state index in [1.165, 1.54) is 12.8 Å². The van der Waals surface area contributed by atoms with Crippen molar-refractivity contribution in [3.05, 3.63) is 35.6 Å². The Hall–Kier alpha value is -0.930. The van der Waals surface area contributed by atoms with Gasteiger partial charge < -0.3 is 10.2 Å².